The number of amides is 1. The summed E-state index contributed by atoms with van der Waals surface area (Å²) in [6.45, 7) is 2.79. The number of anilines is 2. The Kier molecular flexibility index (Phi) is 3.47. The normalized spacial score (nSPS) is 21.2. The summed E-state index contributed by atoms with van der Waals surface area (Å²) < 4.78 is 0. The van der Waals surface area contributed by atoms with Crippen molar-refractivity contribution in [3.8, 4) is 0 Å². The maximum absolute atomic E-state index is 11.8. The second kappa shape index (κ2) is 5.16. The van der Waals surface area contributed by atoms with Gasteiger partial charge in [0.25, 0.3) is 0 Å². The fraction of sp³-hybridized carbons (Fsp3) is 0.667. The first kappa shape index (κ1) is 14.1. The Hall–Kier alpha value is -1.85. The summed E-state index contributed by atoms with van der Waals surface area (Å²) >= 11 is 0. The molecule has 0 N–H and O–H groups in total. The molecule has 1 amide bonds. The van der Waals surface area contributed by atoms with Gasteiger partial charge < -0.3 is 14.7 Å². The molecule has 6 heteroatoms. The molecule has 1 aromatic rings. The Morgan fingerprint density at radius 1 is 1.19 bits per heavy atom. The summed E-state index contributed by atoms with van der Waals surface area (Å²) in [5, 5.41) is 0. The van der Waals surface area contributed by atoms with E-state index in [2.05, 4.69) is 14.9 Å². The Morgan fingerprint density at radius 3 is 2.43 bits per heavy atom. The van der Waals surface area contributed by atoms with E-state index < -0.39 is 0 Å². The third kappa shape index (κ3) is 2.54. The number of carbonyl (C=O) groups is 1. The Labute approximate surface area is 125 Å². The van der Waals surface area contributed by atoms with Crippen LogP contribution < -0.4 is 9.80 Å². The van der Waals surface area contributed by atoms with Crippen LogP contribution in [0.15, 0.2) is 12.4 Å². The molecule has 0 aliphatic carbocycles. The zero-order valence-corrected chi connectivity index (χ0v) is 13.0. The molecule has 6 nitrogen and oxygen atoms in total. The van der Waals surface area contributed by atoms with Gasteiger partial charge in [0.15, 0.2) is 11.6 Å². The van der Waals surface area contributed by atoms with Crippen LogP contribution in [0.4, 0.5) is 11.6 Å². The van der Waals surface area contributed by atoms with E-state index in [1.54, 1.807) is 12.4 Å². The highest BCUT2D eigenvalue weighted by atomic mass is 16.2. The Morgan fingerprint density at radius 2 is 1.86 bits per heavy atom. The molecule has 0 radical (unpaired) electrons. The average molecular weight is 289 g/mol. The maximum atomic E-state index is 11.8. The Bertz CT molecular complexity index is 537. The third-order valence-corrected chi connectivity index (χ3v) is 4.73. The van der Waals surface area contributed by atoms with Crippen LogP contribution in [0, 0.1) is 5.41 Å². The number of likely N-dealkylation sites (tertiary alicyclic amines) is 1. The first-order chi connectivity index (χ1) is 10.0. The van der Waals surface area contributed by atoms with E-state index in [0.29, 0.717) is 6.42 Å². The fourth-order valence-corrected chi connectivity index (χ4v) is 3.49. The minimum absolute atomic E-state index is 0.183. The van der Waals surface area contributed by atoms with E-state index in [0.717, 1.165) is 44.1 Å². The largest absolute Gasteiger partial charge is 0.360 e. The lowest BCUT2D eigenvalue weighted by molar-refractivity contribution is -0.126. The van der Waals surface area contributed by atoms with Crippen LogP contribution >= 0.6 is 0 Å². The standard InChI is InChI=1S/C15H23N5O/c1-18(2)13-14(17-7-6-16-13)20-8-4-15(5-9-20)10-12(21)19(3)11-15/h6-7H,4-5,8-11H2,1-3H3. The second-order valence-electron chi connectivity index (χ2n) is 6.51. The van der Waals surface area contributed by atoms with E-state index in [9.17, 15) is 4.79 Å². The number of aromatic nitrogens is 2. The summed E-state index contributed by atoms with van der Waals surface area (Å²) in [6.07, 6.45) is 6.28. The van der Waals surface area contributed by atoms with Crippen LogP contribution in [0.1, 0.15) is 19.3 Å². The van der Waals surface area contributed by atoms with Gasteiger partial charge in [0, 0.05) is 65.0 Å². The lowest BCUT2D eigenvalue weighted by atomic mass is 9.77. The van der Waals surface area contributed by atoms with Crippen molar-refractivity contribution in [3.63, 3.8) is 0 Å². The molecule has 0 saturated carbocycles. The first-order valence-corrected chi connectivity index (χ1v) is 7.48. The molecule has 1 spiro atoms. The number of hydrogen-bond acceptors (Lipinski definition) is 5. The first-order valence-electron chi connectivity index (χ1n) is 7.48. The van der Waals surface area contributed by atoms with Crippen LogP contribution in [-0.4, -0.2) is 61.6 Å². The molecule has 0 aromatic carbocycles. The molecule has 0 bridgehead atoms. The molecule has 3 heterocycles. The monoisotopic (exact) mass is 289 g/mol. The molecule has 21 heavy (non-hydrogen) atoms. The minimum Gasteiger partial charge on any atom is -0.360 e. The number of nitrogens with zero attached hydrogens (tertiary/aromatic N) is 5. The smallest absolute Gasteiger partial charge is 0.222 e. The van der Waals surface area contributed by atoms with Gasteiger partial charge >= 0.3 is 0 Å². The predicted octanol–water partition coefficient (Wildman–Crippen LogP) is 0.991. The van der Waals surface area contributed by atoms with E-state index in [-0.39, 0.29) is 11.3 Å². The molecular weight excluding hydrogens is 266 g/mol. The zero-order chi connectivity index (χ0) is 15.0. The second-order valence-corrected chi connectivity index (χ2v) is 6.51. The molecule has 2 fully saturated rings. The van der Waals surface area contributed by atoms with Crippen molar-refractivity contribution in [3.05, 3.63) is 12.4 Å². The molecule has 114 valence electrons. The van der Waals surface area contributed by atoms with Gasteiger partial charge in [-0.3, -0.25) is 4.79 Å². The summed E-state index contributed by atoms with van der Waals surface area (Å²) in [5.74, 6) is 2.15. The van der Waals surface area contributed by atoms with Gasteiger partial charge in [-0.05, 0) is 12.8 Å². The number of rotatable bonds is 2. The quantitative estimate of drug-likeness (QED) is 0.813. The molecule has 2 saturated heterocycles. The molecule has 0 unspecified atom stereocenters. The highest BCUT2D eigenvalue weighted by Crippen LogP contribution is 2.41. The van der Waals surface area contributed by atoms with Gasteiger partial charge in [-0.25, -0.2) is 9.97 Å². The molecule has 2 aliphatic rings. The predicted molar refractivity (Wildman–Crippen MR) is 82.5 cm³/mol. The van der Waals surface area contributed by atoms with E-state index in [1.807, 2.05) is 30.9 Å². The summed E-state index contributed by atoms with van der Waals surface area (Å²) in [4.78, 5) is 26.9. The van der Waals surface area contributed by atoms with Gasteiger partial charge in [0.1, 0.15) is 0 Å². The van der Waals surface area contributed by atoms with Crippen LogP contribution in [-0.2, 0) is 4.79 Å². The van der Waals surface area contributed by atoms with Gasteiger partial charge in [0.05, 0.1) is 0 Å². The lowest BCUT2D eigenvalue weighted by Crippen LogP contribution is -2.42. The van der Waals surface area contributed by atoms with Gasteiger partial charge in [-0.2, -0.15) is 0 Å². The van der Waals surface area contributed by atoms with Crippen LogP contribution in [0.2, 0.25) is 0 Å². The number of carbonyl (C=O) groups excluding carboxylic acids is 1. The van der Waals surface area contributed by atoms with Crippen molar-refractivity contribution < 1.29 is 4.79 Å². The minimum atomic E-state index is 0.183. The topological polar surface area (TPSA) is 52.6 Å². The van der Waals surface area contributed by atoms with Crippen molar-refractivity contribution in [2.75, 3.05) is 50.6 Å². The van der Waals surface area contributed by atoms with Crippen molar-refractivity contribution in [2.24, 2.45) is 5.41 Å². The van der Waals surface area contributed by atoms with Crippen molar-refractivity contribution in [2.45, 2.75) is 19.3 Å². The van der Waals surface area contributed by atoms with Crippen LogP contribution in [0.25, 0.3) is 0 Å². The van der Waals surface area contributed by atoms with Crippen LogP contribution in [0.5, 0.6) is 0 Å². The summed E-state index contributed by atoms with van der Waals surface area (Å²) in [6, 6.07) is 0. The average Bonchev–Trinajstić information content (AvgIpc) is 2.74. The van der Waals surface area contributed by atoms with Gasteiger partial charge in [-0.1, -0.05) is 0 Å². The fourth-order valence-electron chi connectivity index (χ4n) is 3.49. The van der Waals surface area contributed by atoms with Crippen molar-refractivity contribution in [1.29, 1.82) is 0 Å². The molecular formula is C15H23N5O. The summed E-state index contributed by atoms with van der Waals surface area (Å²) in [7, 11) is 5.89. The van der Waals surface area contributed by atoms with Gasteiger partial charge in [-0.15, -0.1) is 0 Å². The van der Waals surface area contributed by atoms with Gasteiger partial charge in [0.2, 0.25) is 5.91 Å². The van der Waals surface area contributed by atoms with Crippen molar-refractivity contribution >= 4 is 17.5 Å². The lowest BCUT2D eigenvalue weighted by Gasteiger charge is -2.39. The highest BCUT2D eigenvalue weighted by molar-refractivity contribution is 5.79. The molecule has 0 atom stereocenters. The third-order valence-electron chi connectivity index (χ3n) is 4.73. The molecule has 2 aliphatic heterocycles. The zero-order valence-electron chi connectivity index (χ0n) is 13.0. The van der Waals surface area contributed by atoms with E-state index in [1.165, 1.54) is 0 Å². The summed E-state index contributed by atoms with van der Waals surface area (Å²) in [5.41, 5.74) is 0.183. The Balaban J connectivity index is 1.74. The van der Waals surface area contributed by atoms with E-state index >= 15 is 0 Å². The number of hydrogen-bond donors (Lipinski definition) is 0. The van der Waals surface area contributed by atoms with Crippen LogP contribution in [0.3, 0.4) is 0 Å². The highest BCUT2D eigenvalue weighted by Gasteiger charge is 2.43. The molecule has 1 aromatic heterocycles. The molecule has 3 rings (SSSR count). The SMILES string of the molecule is CN1CC2(CCN(c3nccnc3N(C)C)CC2)CC1=O. The maximum Gasteiger partial charge on any atom is 0.222 e. The van der Waals surface area contributed by atoms with E-state index in [4.69, 9.17) is 0 Å². The number of piperidine rings is 1. The van der Waals surface area contributed by atoms with Crippen molar-refractivity contribution in [1.82, 2.24) is 14.9 Å².